The van der Waals surface area contributed by atoms with E-state index < -0.39 is 0 Å². The summed E-state index contributed by atoms with van der Waals surface area (Å²) in [4.78, 5) is 11.1. The first-order valence-corrected chi connectivity index (χ1v) is 5.89. The molecule has 2 N–H and O–H groups in total. The van der Waals surface area contributed by atoms with E-state index in [-0.39, 0.29) is 5.91 Å². The van der Waals surface area contributed by atoms with E-state index in [2.05, 4.69) is 38.3 Å². The first-order valence-electron chi connectivity index (χ1n) is 5.89. The van der Waals surface area contributed by atoms with E-state index in [1.807, 2.05) is 0 Å². The van der Waals surface area contributed by atoms with Gasteiger partial charge in [0.2, 0.25) is 5.91 Å². The molecule has 0 fully saturated rings. The van der Waals surface area contributed by atoms with E-state index in [1.165, 1.54) is 0 Å². The normalized spacial score (nSPS) is 11.5. The zero-order chi connectivity index (χ0) is 11.8. The van der Waals surface area contributed by atoms with Crippen LogP contribution < -0.4 is 10.6 Å². The minimum atomic E-state index is 0.0625. The first kappa shape index (κ1) is 14.4. The molecule has 3 heteroatoms. The van der Waals surface area contributed by atoms with Crippen LogP contribution in [0.3, 0.4) is 0 Å². The number of likely N-dealkylation sites (N-methyl/N-ethyl adjacent to an activating group) is 1. The summed E-state index contributed by atoms with van der Waals surface area (Å²) in [6.07, 6.45) is 2.27. The molecule has 1 amide bonds. The molecule has 0 aliphatic carbocycles. The predicted octanol–water partition coefficient (Wildman–Crippen LogP) is 1.78. The number of rotatable bonds is 7. The molecule has 0 aromatic heterocycles. The molecule has 0 saturated heterocycles. The van der Waals surface area contributed by atoms with Gasteiger partial charge >= 0.3 is 0 Å². The van der Waals surface area contributed by atoms with Gasteiger partial charge in [0.1, 0.15) is 0 Å². The average molecular weight is 214 g/mol. The van der Waals surface area contributed by atoms with Crippen LogP contribution in [0.2, 0.25) is 0 Å². The van der Waals surface area contributed by atoms with Crippen LogP contribution >= 0.6 is 0 Å². The fourth-order valence-electron chi connectivity index (χ4n) is 1.73. The highest BCUT2D eigenvalue weighted by atomic mass is 16.1. The highest BCUT2D eigenvalue weighted by molar-refractivity contribution is 5.77. The second kappa shape index (κ2) is 7.69. The van der Waals surface area contributed by atoms with Crippen LogP contribution in [0, 0.1) is 11.8 Å². The van der Waals surface area contributed by atoms with Crippen molar-refractivity contribution in [3.63, 3.8) is 0 Å². The zero-order valence-electron chi connectivity index (χ0n) is 10.8. The molecular formula is C12H26N2O. The van der Waals surface area contributed by atoms with E-state index in [9.17, 15) is 4.79 Å². The Hall–Kier alpha value is -0.570. The maximum Gasteiger partial charge on any atom is 0.233 e. The second-order valence-corrected chi connectivity index (χ2v) is 5.01. The molecular weight excluding hydrogens is 188 g/mol. The van der Waals surface area contributed by atoms with E-state index in [1.54, 1.807) is 7.05 Å². The smallest absolute Gasteiger partial charge is 0.233 e. The van der Waals surface area contributed by atoms with Gasteiger partial charge in [0.15, 0.2) is 0 Å². The number of nitrogens with one attached hydrogen (secondary N) is 2. The molecule has 0 radical (unpaired) electrons. The van der Waals surface area contributed by atoms with Gasteiger partial charge in [-0.25, -0.2) is 0 Å². The lowest BCUT2D eigenvalue weighted by Gasteiger charge is -2.22. The van der Waals surface area contributed by atoms with Crippen LogP contribution in [-0.4, -0.2) is 25.5 Å². The van der Waals surface area contributed by atoms with Crippen molar-refractivity contribution < 1.29 is 4.79 Å². The maximum atomic E-state index is 11.1. The summed E-state index contributed by atoms with van der Waals surface area (Å²) in [6.45, 7) is 9.30. The van der Waals surface area contributed by atoms with E-state index in [4.69, 9.17) is 0 Å². The molecule has 90 valence electrons. The van der Waals surface area contributed by atoms with Gasteiger partial charge in [-0.3, -0.25) is 4.79 Å². The van der Waals surface area contributed by atoms with Crippen LogP contribution in [0.5, 0.6) is 0 Å². The molecule has 0 aliphatic heterocycles. The highest BCUT2D eigenvalue weighted by Gasteiger charge is 2.13. The fraction of sp³-hybridized carbons (Fsp3) is 0.917. The van der Waals surface area contributed by atoms with Crippen LogP contribution in [0.1, 0.15) is 40.5 Å². The number of hydrogen-bond acceptors (Lipinski definition) is 2. The van der Waals surface area contributed by atoms with Crippen LogP contribution in [0.4, 0.5) is 0 Å². The van der Waals surface area contributed by atoms with Crippen LogP contribution in [-0.2, 0) is 4.79 Å². The molecule has 15 heavy (non-hydrogen) atoms. The van der Waals surface area contributed by atoms with Crippen molar-refractivity contribution in [3.8, 4) is 0 Å². The molecule has 0 aromatic rings. The van der Waals surface area contributed by atoms with Crippen molar-refractivity contribution in [2.75, 3.05) is 13.6 Å². The minimum absolute atomic E-state index is 0.0625. The second-order valence-electron chi connectivity index (χ2n) is 5.01. The number of carbonyl (C=O) groups excluding carboxylic acids is 1. The molecule has 0 bridgehead atoms. The lowest BCUT2D eigenvalue weighted by molar-refractivity contribution is -0.119. The van der Waals surface area contributed by atoms with Gasteiger partial charge in [-0.1, -0.05) is 27.7 Å². The molecule has 0 atom stereocenters. The number of carbonyl (C=O) groups is 1. The lowest BCUT2D eigenvalue weighted by Crippen LogP contribution is -2.39. The molecule has 0 aromatic carbocycles. The Morgan fingerprint density at radius 1 is 1.07 bits per heavy atom. The molecule has 3 nitrogen and oxygen atoms in total. The summed E-state index contributed by atoms with van der Waals surface area (Å²) in [6, 6.07) is 0.460. The summed E-state index contributed by atoms with van der Waals surface area (Å²) in [7, 11) is 1.67. The molecule has 0 aliphatic rings. The van der Waals surface area contributed by atoms with Gasteiger partial charge in [-0.15, -0.1) is 0 Å². The maximum absolute atomic E-state index is 11.1. The number of hydrogen-bond donors (Lipinski definition) is 2. The van der Waals surface area contributed by atoms with Crippen molar-refractivity contribution >= 4 is 5.91 Å². The van der Waals surface area contributed by atoms with Gasteiger partial charge in [-0.2, -0.15) is 0 Å². The summed E-state index contributed by atoms with van der Waals surface area (Å²) in [5.74, 6) is 1.41. The standard InChI is InChI=1S/C12H26N2O/c1-9(2)6-11(7-10(3)4)14-8-12(15)13-5/h9-11,14H,6-8H2,1-5H3,(H,13,15). The SMILES string of the molecule is CNC(=O)CNC(CC(C)C)CC(C)C. The van der Waals surface area contributed by atoms with Gasteiger partial charge < -0.3 is 10.6 Å². The largest absolute Gasteiger partial charge is 0.358 e. The lowest BCUT2D eigenvalue weighted by atomic mass is 9.95. The summed E-state index contributed by atoms with van der Waals surface area (Å²) in [5.41, 5.74) is 0. The third-order valence-electron chi connectivity index (χ3n) is 2.34. The van der Waals surface area contributed by atoms with Crippen molar-refractivity contribution in [1.82, 2.24) is 10.6 Å². The Labute approximate surface area is 94.0 Å². The van der Waals surface area contributed by atoms with Gasteiger partial charge in [0.25, 0.3) is 0 Å². The van der Waals surface area contributed by atoms with E-state index in [0.29, 0.717) is 24.4 Å². The third-order valence-corrected chi connectivity index (χ3v) is 2.34. The van der Waals surface area contributed by atoms with Gasteiger partial charge in [0.05, 0.1) is 6.54 Å². The third kappa shape index (κ3) is 8.43. The Bertz CT molecular complexity index is 168. The Morgan fingerprint density at radius 2 is 1.53 bits per heavy atom. The summed E-state index contributed by atoms with van der Waals surface area (Å²) >= 11 is 0. The molecule has 0 rings (SSSR count). The van der Waals surface area contributed by atoms with Crippen molar-refractivity contribution in [1.29, 1.82) is 0 Å². The van der Waals surface area contributed by atoms with Crippen molar-refractivity contribution in [2.24, 2.45) is 11.8 Å². The van der Waals surface area contributed by atoms with Gasteiger partial charge in [0, 0.05) is 13.1 Å². The predicted molar refractivity (Wildman–Crippen MR) is 64.8 cm³/mol. The van der Waals surface area contributed by atoms with Crippen LogP contribution in [0.25, 0.3) is 0 Å². The molecule has 0 heterocycles. The Balaban J connectivity index is 3.95. The molecule has 0 unspecified atom stereocenters. The summed E-state index contributed by atoms with van der Waals surface area (Å²) in [5, 5.41) is 5.95. The zero-order valence-corrected chi connectivity index (χ0v) is 10.8. The van der Waals surface area contributed by atoms with Crippen LogP contribution in [0.15, 0.2) is 0 Å². The van der Waals surface area contributed by atoms with Crippen molar-refractivity contribution in [3.05, 3.63) is 0 Å². The Kier molecular flexibility index (Phi) is 7.39. The van der Waals surface area contributed by atoms with Crippen molar-refractivity contribution in [2.45, 2.75) is 46.6 Å². The minimum Gasteiger partial charge on any atom is -0.358 e. The number of amides is 1. The van der Waals surface area contributed by atoms with Gasteiger partial charge in [-0.05, 0) is 24.7 Å². The monoisotopic (exact) mass is 214 g/mol. The molecule has 0 saturated carbocycles. The average Bonchev–Trinajstić information content (AvgIpc) is 2.11. The van der Waals surface area contributed by atoms with E-state index in [0.717, 1.165) is 12.8 Å². The topological polar surface area (TPSA) is 41.1 Å². The Morgan fingerprint density at radius 3 is 1.87 bits per heavy atom. The quantitative estimate of drug-likeness (QED) is 0.678. The summed E-state index contributed by atoms with van der Waals surface area (Å²) < 4.78 is 0. The fourth-order valence-corrected chi connectivity index (χ4v) is 1.73. The first-order chi connectivity index (χ1) is 6.95. The molecule has 0 spiro atoms. The van der Waals surface area contributed by atoms with E-state index >= 15 is 0 Å². The highest BCUT2D eigenvalue weighted by Crippen LogP contribution is 2.12.